The fourth-order valence-corrected chi connectivity index (χ4v) is 5.34. The number of nitrogens with zero attached hydrogens (tertiary/aromatic N) is 2. The van der Waals surface area contributed by atoms with Gasteiger partial charge in [-0.1, -0.05) is 86.4 Å². The minimum Gasteiger partial charge on any atom is -0.489 e. The van der Waals surface area contributed by atoms with E-state index in [1.807, 2.05) is 120 Å². The van der Waals surface area contributed by atoms with Gasteiger partial charge in [0.25, 0.3) is 5.91 Å². The highest BCUT2D eigenvalue weighted by Crippen LogP contribution is 2.32. The van der Waals surface area contributed by atoms with E-state index >= 15 is 0 Å². The van der Waals surface area contributed by atoms with Crippen molar-refractivity contribution < 1.29 is 14.3 Å². The molecule has 0 fully saturated rings. The molecule has 0 aliphatic carbocycles. The second-order valence-electron chi connectivity index (χ2n) is 11.1. The summed E-state index contributed by atoms with van der Waals surface area (Å²) in [6, 6.07) is 36.6. The first kappa shape index (κ1) is 27.4. The number of para-hydroxylation sites is 2. The second-order valence-corrected chi connectivity index (χ2v) is 16.7. The molecule has 204 valence electrons. The van der Waals surface area contributed by atoms with Gasteiger partial charge in [-0.2, -0.15) is 0 Å². The zero-order valence-electron chi connectivity index (χ0n) is 23.4. The SMILES string of the molecule is C[Si](C)(C)CCOCn1cc(C(=O)N(c2ccccc2)c2ccc(OCc3ccccc3)cc2)c2ccccc21. The fraction of sp³-hybridized carbons (Fsp3) is 0.206. The summed E-state index contributed by atoms with van der Waals surface area (Å²) in [6.07, 6.45) is 1.93. The Bertz CT molecular complexity index is 1540. The summed E-state index contributed by atoms with van der Waals surface area (Å²) in [4.78, 5) is 16.0. The van der Waals surface area contributed by atoms with Crippen LogP contribution in [0.15, 0.2) is 115 Å². The van der Waals surface area contributed by atoms with Crippen LogP contribution in [0.5, 0.6) is 5.75 Å². The molecule has 5 rings (SSSR count). The summed E-state index contributed by atoms with van der Waals surface area (Å²) in [5, 5.41) is 0.907. The molecule has 5 nitrogen and oxygen atoms in total. The second kappa shape index (κ2) is 12.4. The number of amides is 1. The Kier molecular flexibility index (Phi) is 8.48. The van der Waals surface area contributed by atoms with E-state index in [0.717, 1.165) is 46.2 Å². The number of carbonyl (C=O) groups excluding carboxylic acids is 1. The molecular formula is C34H36N2O3Si. The van der Waals surface area contributed by atoms with Crippen molar-refractivity contribution in [2.45, 2.75) is 39.0 Å². The van der Waals surface area contributed by atoms with E-state index in [-0.39, 0.29) is 5.91 Å². The van der Waals surface area contributed by atoms with Gasteiger partial charge in [-0.05, 0) is 54.1 Å². The Morgan fingerprint density at radius 1 is 0.775 bits per heavy atom. The molecule has 0 atom stereocenters. The summed E-state index contributed by atoms with van der Waals surface area (Å²) in [7, 11) is -1.18. The predicted octanol–water partition coefficient (Wildman–Crippen LogP) is 8.51. The topological polar surface area (TPSA) is 43.7 Å². The number of aromatic nitrogens is 1. The Morgan fingerprint density at radius 2 is 1.40 bits per heavy atom. The number of anilines is 2. The molecule has 0 bridgehead atoms. The lowest BCUT2D eigenvalue weighted by atomic mass is 10.1. The third-order valence-corrected chi connectivity index (χ3v) is 8.51. The first-order valence-electron chi connectivity index (χ1n) is 13.7. The van der Waals surface area contributed by atoms with Crippen molar-refractivity contribution in [3.8, 4) is 5.75 Å². The Hall–Kier alpha value is -4.13. The van der Waals surface area contributed by atoms with Gasteiger partial charge in [0.05, 0.1) is 11.1 Å². The standard InChI is InChI=1S/C34H36N2O3Si/c1-40(2,3)23-22-38-26-35-24-32(31-16-10-11-17-33(31)35)34(37)36(28-14-8-5-9-15-28)29-18-20-30(21-19-29)39-25-27-12-6-4-7-13-27/h4-21,24H,22-23,25-26H2,1-3H3. The van der Waals surface area contributed by atoms with Gasteiger partial charge in [-0.25, -0.2) is 0 Å². The van der Waals surface area contributed by atoms with E-state index in [4.69, 9.17) is 9.47 Å². The molecule has 6 heteroatoms. The first-order chi connectivity index (χ1) is 19.4. The smallest absolute Gasteiger partial charge is 0.265 e. The van der Waals surface area contributed by atoms with Crippen molar-refractivity contribution >= 4 is 36.3 Å². The summed E-state index contributed by atoms with van der Waals surface area (Å²) in [6.45, 7) is 8.66. The Morgan fingerprint density at radius 3 is 2.10 bits per heavy atom. The van der Waals surface area contributed by atoms with Gasteiger partial charge in [-0.3, -0.25) is 9.69 Å². The van der Waals surface area contributed by atoms with Crippen LogP contribution in [0.4, 0.5) is 11.4 Å². The number of rotatable bonds is 11. The molecule has 0 saturated carbocycles. The average Bonchev–Trinajstić information content (AvgIpc) is 3.34. The van der Waals surface area contributed by atoms with E-state index < -0.39 is 8.07 Å². The Labute approximate surface area is 237 Å². The van der Waals surface area contributed by atoms with Crippen LogP contribution in [0.3, 0.4) is 0 Å². The summed E-state index contributed by atoms with van der Waals surface area (Å²) in [5.74, 6) is 0.654. The van der Waals surface area contributed by atoms with Crippen LogP contribution in [-0.4, -0.2) is 25.2 Å². The highest BCUT2D eigenvalue weighted by Gasteiger charge is 2.24. The molecule has 0 spiro atoms. The van der Waals surface area contributed by atoms with Crippen molar-refractivity contribution in [1.82, 2.24) is 4.57 Å². The van der Waals surface area contributed by atoms with Crippen LogP contribution in [-0.2, 0) is 18.1 Å². The molecule has 0 N–H and O–H groups in total. The van der Waals surface area contributed by atoms with Crippen LogP contribution < -0.4 is 9.64 Å². The van der Waals surface area contributed by atoms with Crippen molar-refractivity contribution in [2.75, 3.05) is 11.5 Å². The molecule has 1 amide bonds. The van der Waals surface area contributed by atoms with Crippen LogP contribution in [0.25, 0.3) is 10.9 Å². The number of hydrogen-bond acceptors (Lipinski definition) is 3. The summed E-state index contributed by atoms with van der Waals surface area (Å²) in [5.41, 5.74) is 4.29. The minimum atomic E-state index is -1.18. The van der Waals surface area contributed by atoms with Gasteiger partial charge < -0.3 is 14.0 Å². The lowest BCUT2D eigenvalue weighted by Gasteiger charge is -2.23. The van der Waals surface area contributed by atoms with Gasteiger partial charge in [0.15, 0.2) is 0 Å². The molecular weight excluding hydrogens is 512 g/mol. The normalized spacial score (nSPS) is 11.5. The van der Waals surface area contributed by atoms with Gasteiger partial charge in [0, 0.05) is 37.6 Å². The van der Waals surface area contributed by atoms with Gasteiger partial charge in [0.1, 0.15) is 19.1 Å². The molecule has 40 heavy (non-hydrogen) atoms. The number of benzene rings is 4. The lowest BCUT2D eigenvalue weighted by molar-refractivity contribution is 0.0898. The molecule has 0 radical (unpaired) electrons. The quantitative estimate of drug-likeness (QED) is 0.123. The highest BCUT2D eigenvalue weighted by molar-refractivity contribution is 6.76. The third-order valence-electron chi connectivity index (χ3n) is 6.81. The van der Waals surface area contributed by atoms with Gasteiger partial charge in [-0.15, -0.1) is 0 Å². The van der Waals surface area contributed by atoms with Crippen LogP contribution in [0.2, 0.25) is 25.7 Å². The molecule has 0 aliphatic heterocycles. The fourth-order valence-electron chi connectivity index (χ4n) is 4.58. The predicted molar refractivity (Wildman–Crippen MR) is 166 cm³/mol. The van der Waals surface area contributed by atoms with Crippen LogP contribution in [0, 0.1) is 0 Å². The largest absolute Gasteiger partial charge is 0.489 e. The Balaban J connectivity index is 1.42. The van der Waals surface area contributed by atoms with E-state index in [1.54, 1.807) is 4.90 Å². The van der Waals surface area contributed by atoms with Crippen molar-refractivity contribution in [3.05, 3.63) is 127 Å². The number of fused-ring (bicyclic) bond motifs is 1. The average molecular weight is 549 g/mol. The highest BCUT2D eigenvalue weighted by atomic mass is 28.3. The van der Waals surface area contributed by atoms with Crippen molar-refractivity contribution in [2.24, 2.45) is 0 Å². The van der Waals surface area contributed by atoms with E-state index in [1.165, 1.54) is 0 Å². The van der Waals surface area contributed by atoms with Gasteiger partial charge >= 0.3 is 0 Å². The molecule has 1 heterocycles. The first-order valence-corrected chi connectivity index (χ1v) is 17.4. The summed E-state index contributed by atoms with van der Waals surface area (Å²) >= 11 is 0. The maximum absolute atomic E-state index is 14.3. The maximum Gasteiger partial charge on any atom is 0.265 e. The van der Waals surface area contributed by atoms with Crippen molar-refractivity contribution in [3.63, 3.8) is 0 Å². The molecule has 5 aromatic rings. The molecule has 0 saturated heterocycles. The van der Waals surface area contributed by atoms with Crippen molar-refractivity contribution in [1.29, 1.82) is 0 Å². The zero-order valence-corrected chi connectivity index (χ0v) is 24.4. The summed E-state index contributed by atoms with van der Waals surface area (Å²) < 4.78 is 14.1. The lowest BCUT2D eigenvalue weighted by Crippen LogP contribution is -2.25. The maximum atomic E-state index is 14.3. The van der Waals surface area contributed by atoms with E-state index in [0.29, 0.717) is 18.9 Å². The molecule has 0 aliphatic rings. The molecule has 0 unspecified atom stereocenters. The van der Waals surface area contributed by atoms with E-state index in [2.05, 4.69) is 19.6 Å². The third kappa shape index (κ3) is 6.70. The van der Waals surface area contributed by atoms with Gasteiger partial charge in [0.2, 0.25) is 0 Å². The van der Waals surface area contributed by atoms with E-state index in [9.17, 15) is 4.79 Å². The molecule has 1 aromatic heterocycles. The van der Waals surface area contributed by atoms with Crippen LogP contribution in [0.1, 0.15) is 15.9 Å². The number of carbonyl (C=O) groups is 1. The molecule has 4 aromatic carbocycles. The number of hydrogen-bond donors (Lipinski definition) is 0. The minimum absolute atomic E-state index is 0.0961. The monoisotopic (exact) mass is 548 g/mol. The zero-order chi connectivity index (χ0) is 28.0. The van der Waals surface area contributed by atoms with Crippen LogP contribution >= 0.6 is 0 Å². The number of ether oxygens (including phenoxy) is 2.